The van der Waals surface area contributed by atoms with Gasteiger partial charge in [0.05, 0.1) is 18.3 Å². The van der Waals surface area contributed by atoms with Crippen LogP contribution in [-0.4, -0.2) is 22.2 Å². The molecule has 0 amide bonds. The predicted molar refractivity (Wildman–Crippen MR) is 123 cm³/mol. The van der Waals surface area contributed by atoms with E-state index in [1.165, 1.54) is 0 Å². The zero-order valence-electron chi connectivity index (χ0n) is 17.4. The number of fused-ring (bicyclic) bond motifs is 2. The van der Waals surface area contributed by atoms with Gasteiger partial charge < -0.3 is 13.6 Å². The first-order valence-corrected chi connectivity index (χ1v) is 10.1. The molecular formula is C25H24N4O2. The van der Waals surface area contributed by atoms with Crippen molar-refractivity contribution in [3.8, 4) is 17.2 Å². The summed E-state index contributed by atoms with van der Waals surface area (Å²) < 4.78 is 13.8. The molecule has 0 spiro atoms. The lowest BCUT2D eigenvalue weighted by Crippen LogP contribution is -2.03. The van der Waals surface area contributed by atoms with Gasteiger partial charge in [-0.05, 0) is 62.2 Å². The van der Waals surface area contributed by atoms with Crippen molar-refractivity contribution in [2.75, 3.05) is 6.61 Å². The molecule has 0 aliphatic heterocycles. The quantitative estimate of drug-likeness (QED) is 0.234. The summed E-state index contributed by atoms with van der Waals surface area (Å²) in [4.78, 5) is 8.48. The molecule has 6 nitrogen and oxygen atoms in total. The van der Waals surface area contributed by atoms with E-state index < -0.39 is 0 Å². The highest BCUT2D eigenvalue weighted by molar-refractivity contribution is 5.79. The Balaban J connectivity index is 1.46. The van der Waals surface area contributed by atoms with Crippen LogP contribution in [0.15, 0.2) is 88.8 Å². The summed E-state index contributed by atoms with van der Waals surface area (Å²) in [6.07, 6.45) is 10.8. The highest BCUT2D eigenvalue weighted by atomic mass is 16.5. The summed E-state index contributed by atoms with van der Waals surface area (Å²) in [7, 11) is 0. The van der Waals surface area contributed by atoms with Gasteiger partial charge in [-0.3, -0.25) is 10.4 Å². The van der Waals surface area contributed by atoms with E-state index in [-0.39, 0.29) is 0 Å². The Morgan fingerprint density at radius 3 is 3.06 bits per heavy atom. The molecule has 0 aliphatic rings. The third kappa shape index (κ3) is 4.80. The minimum atomic E-state index is 0.369. The molecule has 0 bridgehead atoms. The van der Waals surface area contributed by atoms with E-state index in [1.54, 1.807) is 24.8 Å². The third-order valence-corrected chi connectivity index (χ3v) is 4.86. The third-order valence-electron chi connectivity index (χ3n) is 4.86. The Morgan fingerprint density at radius 1 is 1.29 bits per heavy atom. The molecule has 3 aromatic heterocycles. The molecule has 0 saturated heterocycles. The maximum Gasteiger partial charge on any atom is 0.155 e. The lowest BCUT2D eigenvalue weighted by molar-refractivity contribution is 0.311. The maximum absolute atomic E-state index is 8.45. The summed E-state index contributed by atoms with van der Waals surface area (Å²) in [5.74, 6) is 1.28. The van der Waals surface area contributed by atoms with Crippen LogP contribution in [0.5, 0.6) is 5.75 Å². The second-order valence-corrected chi connectivity index (χ2v) is 7.13. The highest BCUT2D eigenvalue weighted by Gasteiger charge is 2.09. The molecule has 4 rings (SSSR count). The van der Waals surface area contributed by atoms with E-state index in [4.69, 9.17) is 14.6 Å². The van der Waals surface area contributed by atoms with Crippen molar-refractivity contribution >= 4 is 22.7 Å². The first-order chi connectivity index (χ1) is 15.1. The van der Waals surface area contributed by atoms with Gasteiger partial charge in [0.1, 0.15) is 17.0 Å². The fourth-order valence-corrected chi connectivity index (χ4v) is 3.26. The largest absolute Gasteiger partial charge is 0.494 e. The van der Waals surface area contributed by atoms with Crippen LogP contribution in [0.4, 0.5) is 0 Å². The monoisotopic (exact) mass is 412 g/mol. The normalized spacial score (nSPS) is 11.8. The maximum atomic E-state index is 8.45. The van der Waals surface area contributed by atoms with E-state index in [2.05, 4.69) is 16.6 Å². The molecule has 156 valence electrons. The first-order valence-electron chi connectivity index (χ1n) is 10.1. The van der Waals surface area contributed by atoms with E-state index in [0.29, 0.717) is 40.1 Å². The molecule has 3 heterocycles. The van der Waals surface area contributed by atoms with E-state index in [9.17, 15) is 0 Å². The molecule has 0 radical (unpaired) electrons. The second-order valence-electron chi connectivity index (χ2n) is 7.13. The van der Waals surface area contributed by atoms with Crippen molar-refractivity contribution in [3.05, 3.63) is 84.8 Å². The number of ether oxygens (including phenoxy) is 1. The van der Waals surface area contributed by atoms with Gasteiger partial charge >= 0.3 is 0 Å². The molecular weight excluding hydrogens is 388 g/mol. The van der Waals surface area contributed by atoms with Crippen LogP contribution in [0.1, 0.15) is 19.8 Å². The first kappa shape index (κ1) is 20.3. The molecule has 0 saturated carbocycles. The Kier molecular flexibility index (Phi) is 6.08. The van der Waals surface area contributed by atoms with Crippen molar-refractivity contribution in [2.24, 2.45) is 4.99 Å². The number of aliphatic imine (C=N–C) groups is 1. The smallest absolute Gasteiger partial charge is 0.155 e. The predicted octanol–water partition coefficient (Wildman–Crippen LogP) is 5.55. The zero-order valence-corrected chi connectivity index (χ0v) is 17.4. The van der Waals surface area contributed by atoms with Crippen molar-refractivity contribution in [1.82, 2.24) is 9.38 Å². The van der Waals surface area contributed by atoms with Crippen molar-refractivity contribution in [2.45, 2.75) is 19.8 Å². The number of nitrogens with one attached hydrogen (secondary N) is 1. The van der Waals surface area contributed by atoms with Crippen LogP contribution in [-0.2, 0) is 0 Å². The minimum absolute atomic E-state index is 0.369. The Hall–Kier alpha value is -3.93. The van der Waals surface area contributed by atoms with Gasteiger partial charge in [0, 0.05) is 35.6 Å². The van der Waals surface area contributed by atoms with Crippen LogP contribution in [0.3, 0.4) is 0 Å². The van der Waals surface area contributed by atoms with Crippen LogP contribution in [0, 0.1) is 5.41 Å². The SMILES string of the molecule is C=C(/C=C\N=CC)CCCOc1ccc2oc(-c3cc4cccn4cn3)cc(=N)c2c1. The van der Waals surface area contributed by atoms with E-state index in [1.807, 2.05) is 60.0 Å². The zero-order chi connectivity index (χ0) is 21.6. The lowest BCUT2D eigenvalue weighted by atomic mass is 10.1. The van der Waals surface area contributed by atoms with Crippen LogP contribution >= 0.6 is 0 Å². The molecule has 0 aliphatic carbocycles. The number of aromatic nitrogens is 2. The van der Waals surface area contributed by atoms with Crippen molar-refractivity contribution < 1.29 is 9.15 Å². The van der Waals surface area contributed by atoms with Gasteiger partial charge in [0.15, 0.2) is 5.76 Å². The van der Waals surface area contributed by atoms with Gasteiger partial charge in [-0.25, -0.2) is 4.98 Å². The number of allylic oxidation sites excluding steroid dienone is 2. The molecule has 31 heavy (non-hydrogen) atoms. The van der Waals surface area contributed by atoms with Crippen molar-refractivity contribution in [3.63, 3.8) is 0 Å². The van der Waals surface area contributed by atoms with Crippen molar-refractivity contribution in [1.29, 1.82) is 5.41 Å². The number of benzene rings is 1. The number of hydrogen-bond acceptors (Lipinski definition) is 5. The minimum Gasteiger partial charge on any atom is -0.494 e. The Bertz CT molecular complexity index is 1340. The fraction of sp³-hybridized carbons (Fsp3) is 0.160. The summed E-state index contributed by atoms with van der Waals surface area (Å²) in [5, 5.41) is 9.53. The average molecular weight is 412 g/mol. The van der Waals surface area contributed by atoms with Gasteiger partial charge in [-0.1, -0.05) is 12.2 Å². The van der Waals surface area contributed by atoms with Crippen LogP contribution < -0.4 is 10.1 Å². The molecule has 0 atom stereocenters. The average Bonchev–Trinajstić information content (AvgIpc) is 3.25. The molecule has 0 fully saturated rings. The molecule has 1 aromatic carbocycles. The number of rotatable bonds is 8. The molecule has 4 aromatic rings. The summed E-state index contributed by atoms with van der Waals surface area (Å²) in [6, 6.07) is 13.2. The van der Waals surface area contributed by atoms with Crippen LogP contribution in [0.25, 0.3) is 27.9 Å². The lowest BCUT2D eigenvalue weighted by Gasteiger charge is -2.08. The molecule has 1 N–H and O–H groups in total. The topological polar surface area (TPSA) is 75.9 Å². The Labute approximate surface area is 180 Å². The van der Waals surface area contributed by atoms with E-state index in [0.717, 1.165) is 23.9 Å². The summed E-state index contributed by atoms with van der Waals surface area (Å²) in [5.41, 5.74) is 3.36. The Morgan fingerprint density at radius 2 is 2.19 bits per heavy atom. The summed E-state index contributed by atoms with van der Waals surface area (Å²) >= 11 is 0. The fourth-order valence-electron chi connectivity index (χ4n) is 3.26. The number of hydrogen-bond donors (Lipinski definition) is 1. The second kappa shape index (κ2) is 9.26. The standard InChI is InChI=1S/C25H24N4O2/c1-3-27-11-10-18(2)6-5-13-30-20-8-9-24-21(15-20)22(26)16-25(31-24)23-14-19-7-4-12-29(19)17-28-23/h3-4,7-12,14-17,26H,2,5-6,13H2,1H3/b11-10-,26-22?,27-3?. The highest BCUT2D eigenvalue weighted by Crippen LogP contribution is 2.24. The number of nitrogens with zero attached hydrogens (tertiary/aromatic N) is 3. The molecule has 6 heteroatoms. The van der Waals surface area contributed by atoms with Gasteiger partial charge in [0.2, 0.25) is 0 Å². The van der Waals surface area contributed by atoms with E-state index >= 15 is 0 Å². The molecule has 0 unspecified atom stereocenters. The summed E-state index contributed by atoms with van der Waals surface area (Å²) in [6.45, 7) is 6.45. The van der Waals surface area contributed by atoms with Gasteiger partial charge in [-0.2, -0.15) is 0 Å². The van der Waals surface area contributed by atoms with Gasteiger partial charge in [0.25, 0.3) is 0 Å². The van der Waals surface area contributed by atoms with Gasteiger partial charge in [-0.15, -0.1) is 0 Å². The van der Waals surface area contributed by atoms with Crippen LogP contribution in [0.2, 0.25) is 0 Å².